The van der Waals surface area contributed by atoms with Gasteiger partial charge >= 0.3 is 6.18 Å². The standard InChI is InChI=1S/C23H19ClF3N3S/c1-14(2)9-15-3-5-16(6-4-15)21-13-31-22(30-21)17(11-28)12-29-20-10-18(23(25,26)27)7-8-19(20)24/h3-8,10,12-14,29H,9H2,1-2H3/b17-12-. The molecule has 3 rings (SSSR count). The fraction of sp³-hybridized carbons (Fsp3) is 0.217. The molecule has 0 saturated carbocycles. The number of aromatic nitrogens is 1. The predicted octanol–water partition coefficient (Wildman–Crippen LogP) is 7.66. The summed E-state index contributed by atoms with van der Waals surface area (Å²) in [6, 6.07) is 13.1. The van der Waals surface area contributed by atoms with E-state index in [0.29, 0.717) is 10.9 Å². The maximum Gasteiger partial charge on any atom is 0.416 e. The number of anilines is 1. The molecule has 3 nitrogen and oxygen atoms in total. The third kappa shape index (κ3) is 5.87. The van der Waals surface area contributed by atoms with Gasteiger partial charge in [0, 0.05) is 17.1 Å². The SMILES string of the molecule is CC(C)Cc1ccc(-c2csc(/C(C#N)=C\Nc3cc(C(F)(F)F)ccc3Cl)n2)cc1. The fourth-order valence-electron chi connectivity index (χ4n) is 2.92. The van der Waals surface area contributed by atoms with Crippen LogP contribution in [0.25, 0.3) is 16.8 Å². The fourth-order valence-corrected chi connectivity index (χ4v) is 3.88. The van der Waals surface area contributed by atoms with Crippen LogP contribution in [0.15, 0.2) is 54.0 Å². The van der Waals surface area contributed by atoms with Crippen molar-refractivity contribution in [2.75, 3.05) is 5.32 Å². The Morgan fingerprint density at radius 2 is 1.94 bits per heavy atom. The Kier molecular flexibility index (Phi) is 7.04. The maximum absolute atomic E-state index is 12.9. The van der Waals surface area contributed by atoms with Gasteiger partial charge in [0.15, 0.2) is 0 Å². The van der Waals surface area contributed by atoms with Gasteiger partial charge in [-0.05, 0) is 36.1 Å². The number of nitrogens with zero attached hydrogens (tertiary/aromatic N) is 2. The number of hydrogen-bond donors (Lipinski definition) is 1. The van der Waals surface area contributed by atoms with E-state index in [4.69, 9.17) is 11.6 Å². The van der Waals surface area contributed by atoms with Crippen molar-refractivity contribution in [2.24, 2.45) is 5.92 Å². The molecule has 3 aromatic rings. The molecule has 1 heterocycles. The summed E-state index contributed by atoms with van der Waals surface area (Å²) in [6.07, 6.45) is -2.18. The maximum atomic E-state index is 12.9. The van der Waals surface area contributed by atoms with Gasteiger partial charge in [0.1, 0.15) is 16.6 Å². The largest absolute Gasteiger partial charge is 0.416 e. The number of hydrogen-bond acceptors (Lipinski definition) is 4. The predicted molar refractivity (Wildman–Crippen MR) is 120 cm³/mol. The smallest absolute Gasteiger partial charge is 0.359 e. The van der Waals surface area contributed by atoms with Gasteiger partial charge < -0.3 is 5.32 Å². The zero-order chi connectivity index (χ0) is 22.6. The van der Waals surface area contributed by atoms with E-state index in [0.717, 1.165) is 35.9 Å². The molecule has 0 amide bonds. The van der Waals surface area contributed by atoms with Gasteiger partial charge in [-0.3, -0.25) is 0 Å². The first-order valence-electron chi connectivity index (χ1n) is 9.46. The molecule has 0 fully saturated rings. The lowest BCUT2D eigenvalue weighted by atomic mass is 10.0. The average Bonchev–Trinajstić information content (AvgIpc) is 3.19. The average molecular weight is 462 g/mol. The van der Waals surface area contributed by atoms with Crippen LogP contribution in [0.4, 0.5) is 18.9 Å². The summed E-state index contributed by atoms with van der Waals surface area (Å²) < 4.78 is 38.8. The number of alkyl halides is 3. The Hall–Kier alpha value is -2.82. The van der Waals surface area contributed by atoms with Crippen molar-refractivity contribution < 1.29 is 13.2 Å². The normalized spacial score (nSPS) is 12.1. The van der Waals surface area contributed by atoms with E-state index in [2.05, 4.69) is 36.3 Å². The van der Waals surface area contributed by atoms with E-state index in [-0.39, 0.29) is 16.3 Å². The third-order valence-electron chi connectivity index (χ3n) is 4.41. The van der Waals surface area contributed by atoms with E-state index < -0.39 is 11.7 Å². The minimum Gasteiger partial charge on any atom is -0.359 e. The lowest BCUT2D eigenvalue weighted by Crippen LogP contribution is -2.05. The zero-order valence-corrected chi connectivity index (χ0v) is 18.4. The third-order valence-corrected chi connectivity index (χ3v) is 5.62. The Morgan fingerprint density at radius 3 is 2.55 bits per heavy atom. The van der Waals surface area contributed by atoms with Gasteiger partial charge in [-0.2, -0.15) is 18.4 Å². The molecular weight excluding hydrogens is 443 g/mol. The summed E-state index contributed by atoms with van der Waals surface area (Å²) in [7, 11) is 0. The van der Waals surface area contributed by atoms with Gasteiger partial charge in [-0.25, -0.2) is 4.98 Å². The van der Waals surface area contributed by atoms with E-state index in [1.165, 1.54) is 23.1 Å². The summed E-state index contributed by atoms with van der Waals surface area (Å²) in [5.41, 5.74) is 2.33. The molecule has 1 aromatic heterocycles. The monoisotopic (exact) mass is 461 g/mol. The molecule has 0 aliphatic rings. The van der Waals surface area contributed by atoms with Gasteiger partial charge in [-0.15, -0.1) is 11.3 Å². The van der Waals surface area contributed by atoms with Crippen molar-refractivity contribution in [2.45, 2.75) is 26.4 Å². The van der Waals surface area contributed by atoms with Crippen molar-refractivity contribution in [3.8, 4) is 17.3 Å². The zero-order valence-electron chi connectivity index (χ0n) is 16.8. The highest BCUT2D eigenvalue weighted by molar-refractivity contribution is 7.11. The number of thiazole rings is 1. The topological polar surface area (TPSA) is 48.7 Å². The number of halogens is 4. The van der Waals surface area contributed by atoms with Crippen molar-refractivity contribution in [3.05, 3.63) is 75.2 Å². The summed E-state index contributed by atoms with van der Waals surface area (Å²) >= 11 is 7.28. The van der Waals surface area contributed by atoms with E-state index in [1.54, 1.807) is 0 Å². The van der Waals surface area contributed by atoms with Crippen molar-refractivity contribution >= 4 is 34.2 Å². The quantitative estimate of drug-likeness (QED) is 0.383. The van der Waals surface area contributed by atoms with Crippen molar-refractivity contribution in [1.29, 1.82) is 5.26 Å². The molecule has 1 N–H and O–H groups in total. The Balaban J connectivity index is 1.81. The molecule has 0 atom stereocenters. The Bertz CT molecular complexity index is 1130. The van der Waals surface area contributed by atoms with Crippen LogP contribution in [0.1, 0.15) is 30.0 Å². The first-order valence-corrected chi connectivity index (χ1v) is 10.7. The molecule has 0 spiro atoms. The molecule has 0 bridgehead atoms. The van der Waals surface area contributed by atoms with Gasteiger partial charge in [0.25, 0.3) is 0 Å². The van der Waals surface area contributed by atoms with Crippen LogP contribution in [0, 0.1) is 17.2 Å². The molecular formula is C23H19ClF3N3S. The van der Waals surface area contributed by atoms with E-state index >= 15 is 0 Å². The van der Waals surface area contributed by atoms with Crippen LogP contribution in [-0.2, 0) is 12.6 Å². The number of rotatable bonds is 6. The lowest BCUT2D eigenvalue weighted by Gasteiger charge is -2.10. The van der Waals surface area contributed by atoms with Crippen LogP contribution in [-0.4, -0.2) is 4.98 Å². The molecule has 2 aromatic carbocycles. The van der Waals surface area contributed by atoms with E-state index in [1.807, 2.05) is 23.6 Å². The summed E-state index contributed by atoms with van der Waals surface area (Å²) in [6.45, 7) is 4.33. The molecule has 0 aliphatic carbocycles. The molecule has 0 saturated heterocycles. The molecule has 0 aliphatic heterocycles. The van der Waals surface area contributed by atoms with Gasteiger partial charge in [-0.1, -0.05) is 49.7 Å². The number of nitriles is 1. The first-order chi connectivity index (χ1) is 14.7. The molecule has 8 heteroatoms. The summed E-state index contributed by atoms with van der Waals surface area (Å²) in [5, 5.41) is 14.6. The van der Waals surface area contributed by atoms with Crippen molar-refractivity contribution in [1.82, 2.24) is 4.98 Å². The molecule has 160 valence electrons. The highest BCUT2D eigenvalue weighted by atomic mass is 35.5. The molecule has 31 heavy (non-hydrogen) atoms. The van der Waals surface area contributed by atoms with Crippen LogP contribution in [0.3, 0.4) is 0 Å². The Morgan fingerprint density at radius 1 is 1.23 bits per heavy atom. The minimum atomic E-state index is -4.49. The molecule has 0 radical (unpaired) electrons. The highest BCUT2D eigenvalue weighted by Gasteiger charge is 2.30. The number of benzene rings is 2. The lowest BCUT2D eigenvalue weighted by molar-refractivity contribution is -0.137. The second-order valence-electron chi connectivity index (χ2n) is 7.34. The number of allylic oxidation sites excluding steroid dienone is 1. The highest BCUT2D eigenvalue weighted by Crippen LogP contribution is 2.34. The molecule has 0 unspecified atom stereocenters. The summed E-state index contributed by atoms with van der Waals surface area (Å²) in [4.78, 5) is 4.51. The van der Waals surface area contributed by atoms with Gasteiger partial charge in [0.05, 0.1) is 22.0 Å². The number of nitrogens with one attached hydrogen (secondary N) is 1. The van der Waals surface area contributed by atoms with Crippen molar-refractivity contribution in [3.63, 3.8) is 0 Å². The second kappa shape index (κ2) is 9.54. The second-order valence-corrected chi connectivity index (χ2v) is 8.60. The van der Waals surface area contributed by atoms with Gasteiger partial charge in [0.2, 0.25) is 0 Å². The van der Waals surface area contributed by atoms with Crippen LogP contribution >= 0.6 is 22.9 Å². The van der Waals surface area contributed by atoms with E-state index in [9.17, 15) is 18.4 Å². The van der Waals surface area contributed by atoms with Crippen LogP contribution in [0.2, 0.25) is 5.02 Å². The van der Waals surface area contributed by atoms with Crippen LogP contribution < -0.4 is 5.32 Å². The Labute approximate surface area is 187 Å². The summed E-state index contributed by atoms with van der Waals surface area (Å²) in [5.74, 6) is 0.567. The van der Waals surface area contributed by atoms with Crippen LogP contribution in [0.5, 0.6) is 0 Å². The first kappa shape index (κ1) is 22.9. The minimum absolute atomic E-state index is 0.0572.